The van der Waals surface area contributed by atoms with Crippen LogP contribution < -0.4 is 9.64 Å². The fourth-order valence-corrected chi connectivity index (χ4v) is 2.60. The van der Waals surface area contributed by atoms with E-state index in [2.05, 4.69) is 4.99 Å². The number of anilines is 1. The molecule has 5 nitrogen and oxygen atoms in total. The number of hydrogen-bond acceptors (Lipinski definition) is 4. The van der Waals surface area contributed by atoms with Gasteiger partial charge in [-0.1, -0.05) is 24.3 Å². The molecule has 1 N–H and O–H groups in total. The van der Waals surface area contributed by atoms with Crippen LogP contribution in [0.5, 0.6) is 5.75 Å². The predicted octanol–water partition coefficient (Wildman–Crippen LogP) is 4.78. The lowest BCUT2D eigenvalue weighted by Crippen LogP contribution is -2.07. The summed E-state index contributed by atoms with van der Waals surface area (Å²) < 4.78 is 5.92. The molecule has 0 saturated heterocycles. The summed E-state index contributed by atoms with van der Waals surface area (Å²) in [6.45, 7) is 0.349. The highest BCUT2D eigenvalue weighted by molar-refractivity contribution is 5.87. The van der Waals surface area contributed by atoms with Crippen molar-refractivity contribution in [1.29, 1.82) is 0 Å². The summed E-state index contributed by atoms with van der Waals surface area (Å²) in [7, 11) is 4.00. The Hall–Kier alpha value is -3.60. The molecule has 0 aromatic heterocycles. The van der Waals surface area contributed by atoms with Crippen molar-refractivity contribution in [2.45, 2.75) is 6.61 Å². The van der Waals surface area contributed by atoms with Gasteiger partial charge < -0.3 is 14.7 Å². The van der Waals surface area contributed by atoms with E-state index in [1.54, 1.807) is 30.5 Å². The van der Waals surface area contributed by atoms with E-state index in [0.717, 1.165) is 28.3 Å². The molecule has 28 heavy (non-hydrogen) atoms. The summed E-state index contributed by atoms with van der Waals surface area (Å²) in [5.74, 6) is -0.217. The molecule has 0 fully saturated rings. The van der Waals surface area contributed by atoms with Crippen LogP contribution in [-0.2, 0) is 6.61 Å². The van der Waals surface area contributed by atoms with Crippen molar-refractivity contribution in [3.8, 4) is 5.75 Å². The van der Waals surface area contributed by atoms with E-state index in [9.17, 15) is 4.79 Å². The highest BCUT2D eigenvalue weighted by Gasteiger charge is 2.04. The molecule has 142 valence electrons. The van der Waals surface area contributed by atoms with Crippen LogP contribution >= 0.6 is 0 Å². The SMILES string of the molecule is CN(C)c1ccc(N=Cc2ccccc2OCc2ccc(C(=O)O)cc2)cc1. The Morgan fingerprint density at radius 2 is 1.68 bits per heavy atom. The number of carboxylic acids is 1. The van der Waals surface area contributed by atoms with Crippen LogP contribution in [0.2, 0.25) is 0 Å². The van der Waals surface area contributed by atoms with Crippen LogP contribution in [0.4, 0.5) is 11.4 Å². The van der Waals surface area contributed by atoms with E-state index < -0.39 is 5.97 Å². The Bertz CT molecular complexity index is 962. The lowest BCUT2D eigenvalue weighted by molar-refractivity contribution is 0.0697. The van der Waals surface area contributed by atoms with E-state index in [-0.39, 0.29) is 5.56 Å². The Kier molecular flexibility index (Phi) is 6.07. The number of nitrogens with zero attached hydrogens (tertiary/aromatic N) is 2. The fraction of sp³-hybridized carbons (Fsp3) is 0.130. The summed E-state index contributed by atoms with van der Waals surface area (Å²) in [4.78, 5) is 17.5. The Balaban J connectivity index is 1.69. The highest BCUT2D eigenvalue weighted by atomic mass is 16.5. The molecule has 0 aliphatic rings. The normalized spacial score (nSPS) is 10.8. The van der Waals surface area contributed by atoms with Gasteiger partial charge in [-0.05, 0) is 54.1 Å². The van der Waals surface area contributed by atoms with Gasteiger partial charge >= 0.3 is 5.97 Å². The molecular weight excluding hydrogens is 352 g/mol. The first-order chi connectivity index (χ1) is 13.5. The summed E-state index contributed by atoms with van der Waals surface area (Å²) in [5, 5.41) is 8.97. The van der Waals surface area contributed by atoms with Gasteiger partial charge in [0, 0.05) is 31.6 Å². The van der Waals surface area contributed by atoms with Crippen molar-refractivity contribution in [2.75, 3.05) is 19.0 Å². The minimum atomic E-state index is -0.937. The van der Waals surface area contributed by atoms with Gasteiger partial charge in [-0.25, -0.2) is 4.79 Å². The molecule has 0 unspecified atom stereocenters. The zero-order chi connectivity index (χ0) is 19.9. The van der Waals surface area contributed by atoms with Crippen LogP contribution in [0.1, 0.15) is 21.5 Å². The van der Waals surface area contributed by atoms with Crippen LogP contribution in [0.3, 0.4) is 0 Å². The molecule has 0 saturated carbocycles. The smallest absolute Gasteiger partial charge is 0.335 e. The molecule has 3 aromatic carbocycles. The van der Waals surface area contributed by atoms with E-state index in [4.69, 9.17) is 9.84 Å². The third-order valence-electron chi connectivity index (χ3n) is 4.23. The average Bonchev–Trinajstić information content (AvgIpc) is 2.72. The molecule has 0 aliphatic heterocycles. The minimum Gasteiger partial charge on any atom is -0.488 e. The average molecular weight is 374 g/mol. The van der Waals surface area contributed by atoms with Crippen molar-refractivity contribution < 1.29 is 14.6 Å². The second-order valence-electron chi connectivity index (χ2n) is 6.50. The van der Waals surface area contributed by atoms with Gasteiger partial charge in [0.2, 0.25) is 0 Å². The first kappa shape index (κ1) is 19.2. The molecule has 5 heteroatoms. The lowest BCUT2D eigenvalue weighted by Gasteiger charge is -2.11. The van der Waals surface area contributed by atoms with Crippen LogP contribution in [0.25, 0.3) is 0 Å². The zero-order valence-electron chi connectivity index (χ0n) is 15.9. The molecule has 0 aliphatic carbocycles. The number of para-hydroxylation sites is 1. The molecule has 0 atom stereocenters. The molecule has 0 bridgehead atoms. The van der Waals surface area contributed by atoms with Gasteiger partial charge in [0.05, 0.1) is 11.3 Å². The second-order valence-corrected chi connectivity index (χ2v) is 6.50. The molecule has 3 rings (SSSR count). The number of aliphatic imine (C=N–C) groups is 1. The first-order valence-corrected chi connectivity index (χ1v) is 8.88. The van der Waals surface area contributed by atoms with E-state index >= 15 is 0 Å². The molecule has 0 amide bonds. The monoisotopic (exact) mass is 374 g/mol. The number of hydrogen-bond donors (Lipinski definition) is 1. The summed E-state index contributed by atoms with van der Waals surface area (Å²) in [6, 6.07) is 22.3. The number of rotatable bonds is 7. The molecule has 0 radical (unpaired) electrons. The first-order valence-electron chi connectivity index (χ1n) is 8.88. The highest BCUT2D eigenvalue weighted by Crippen LogP contribution is 2.21. The topological polar surface area (TPSA) is 62.1 Å². The van der Waals surface area contributed by atoms with Gasteiger partial charge in [0.25, 0.3) is 0 Å². The van der Waals surface area contributed by atoms with E-state index in [1.807, 2.05) is 67.5 Å². The number of aromatic carboxylic acids is 1. The summed E-state index contributed by atoms with van der Waals surface area (Å²) in [5.41, 5.74) is 4.02. The minimum absolute atomic E-state index is 0.261. The van der Waals surface area contributed by atoms with Crippen molar-refractivity contribution in [3.63, 3.8) is 0 Å². The van der Waals surface area contributed by atoms with Crippen molar-refractivity contribution in [2.24, 2.45) is 4.99 Å². The maximum atomic E-state index is 10.9. The van der Waals surface area contributed by atoms with Crippen molar-refractivity contribution >= 4 is 23.6 Å². The molecule has 3 aromatic rings. The fourth-order valence-electron chi connectivity index (χ4n) is 2.60. The number of benzene rings is 3. The van der Waals surface area contributed by atoms with Gasteiger partial charge in [-0.2, -0.15) is 0 Å². The van der Waals surface area contributed by atoms with Crippen molar-refractivity contribution in [1.82, 2.24) is 0 Å². The second kappa shape index (κ2) is 8.86. The van der Waals surface area contributed by atoms with Crippen molar-refractivity contribution in [3.05, 3.63) is 89.5 Å². The molecule has 0 spiro atoms. The largest absolute Gasteiger partial charge is 0.488 e. The quantitative estimate of drug-likeness (QED) is 0.605. The van der Waals surface area contributed by atoms with E-state index in [1.165, 1.54) is 0 Å². The third kappa shape index (κ3) is 4.98. The number of ether oxygens (including phenoxy) is 1. The molecular formula is C23H22N2O3. The van der Waals surface area contributed by atoms with E-state index in [0.29, 0.717) is 6.61 Å². The van der Waals surface area contributed by atoms with Crippen LogP contribution in [0, 0.1) is 0 Å². The van der Waals surface area contributed by atoms with Gasteiger partial charge in [-0.3, -0.25) is 4.99 Å². The maximum absolute atomic E-state index is 10.9. The van der Waals surface area contributed by atoms with Crippen LogP contribution in [0.15, 0.2) is 77.8 Å². The van der Waals surface area contributed by atoms with Gasteiger partial charge in [0.15, 0.2) is 0 Å². The zero-order valence-corrected chi connectivity index (χ0v) is 15.9. The number of carbonyl (C=O) groups is 1. The summed E-state index contributed by atoms with van der Waals surface area (Å²) in [6.07, 6.45) is 1.79. The third-order valence-corrected chi connectivity index (χ3v) is 4.23. The Morgan fingerprint density at radius 3 is 2.32 bits per heavy atom. The Labute approximate surface area is 164 Å². The standard InChI is InChI=1S/C23H22N2O3/c1-25(2)21-13-11-20(12-14-21)24-15-19-5-3-4-6-22(19)28-16-17-7-9-18(10-8-17)23(26)27/h3-15H,16H2,1-2H3,(H,26,27). The van der Waals surface area contributed by atoms with Crippen LogP contribution in [-0.4, -0.2) is 31.4 Å². The Morgan fingerprint density at radius 1 is 1.00 bits per heavy atom. The number of carboxylic acid groups (broad SMARTS) is 1. The van der Waals surface area contributed by atoms with Gasteiger partial charge in [-0.15, -0.1) is 0 Å². The maximum Gasteiger partial charge on any atom is 0.335 e. The molecule has 0 heterocycles. The summed E-state index contributed by atoms with van der Waals surface area (Å²) >= 11 is 0. The lowest BCUT2D eigenvalue weighted by atomic mass is 10.1. The van der Waals surface area contributed by atoms with Gasteiger partial charge in [0.1, 0.15) is 12.4 Å². The predicted molar refractivity (Wildman–Crippen MR) is 112 cm³/mol.